The molecule has 1 N–H and O–H groups in total. The normalized spacial score (nSPS) is 12.3. The van der Waals surface area contributed by atoms with Gasteiger partial charge in [-0.25, -0.2) is 9.97 Å². The molecule has 0 aliphatic carbocycles. The van der Waals surface area contributed by atoms with E-state index in [4.69, 9.17) is 9.97 Å². The third kappa shape index (κ3) is 3.27. The standard InChI is InChI=1S/C40H22N4S2/c1-2-10-22(11-3-1)35-39-37(27-14-6-9-17-33(27)45-39)43-40(42-35)44-31-16-8-5-13-24(31)28-20-29-26-19-18-25-23-12-4-7-15-30(23)41-36(25)38(26)46-34(29)21-32(28)44/h1-21,41H. The lowest BCUT2D eigenvalue weighted by Gasteiger charge is -2.10. The summed E-state index contributed by atoms with van der Waals surface area (Å²) in [6, 6.07) is 45.6. The van der Waals surface area contributed by atoms with Gasteiger partial charge in [-0.05, 0) is 30.3 Å². The molecule has 0 aliphatic rings. The molecular weight excluding hydrogens is 601 g/mol. The molecule has 46 heavy (non-hydrogen) atoms. The third-order valence-electron chi connectivity index (χ3n) is 9.37. The summed E-state index contributed by atoms with van der Waals surface area (Å²) >= 11 is 3.62. The topological polar surface area (TPSA) is 46.5 Å². The number of hydrogen-bond donors (Lipinski definition) is 1. The highest BCUT2D eigenvalue weighted by molar-refractivity contribution is 7.27. The first-order valence-electron chi connectivity index (χ1n) is 15.3. The minimum atomic E-state index is 0.694. The molecule has 0 atom stereocenters. The van der Waals surface area contributed by atoms with Gasteiger partial charge in [-0.2, -0.15) is 0 Å². The van der Waals surface area contributed by atoms with E-state index in [1.165, 1.54) is 62.8 Å². The Kier molecular flexibility index (Phi) is 4.84. The average Bonchev–Trinajstić information content (AvgIpc) is 3.86. The van der Waals surface area contributed by atoms with E-state index in [0.717, 1.165) is 32.5 Å². The predicted octanol–water partition coefficient (Wildman–Crippen LogP) is 11.6. The van der Waals surface area contributed by atoms with Crippen molar-refractivity contribution >= 4 is 107 Å². The molecule has 0 spiro atoms. The van der Waals surface area contributed by atoms with E-state index < -0.39 is 0 Å². The average molecular weight is 623 g/mol. The molecule has 0 unspecified atom stereocenters. The Hall–Kier alpha value is -5.56. The molecular formula is C40H22N4S2. The van der Waals surface area contributed by atoms with Crippen LogP contribution in [0.1, 0.15) is 0 Å². The summed E-state index contributed by atoms with van der Waals surface area (Å²) in [6.45, 7) is 0. The number of para-hydroxylation sites is 2. The molecule has 0 bridgehead atoms. The predicted molar refractivity (Wildman–Crippen MR) is 197 cm³/mol. The minimum Gasteiger partial charge on any atom is -0.353 e. The van der Waals surface area contributed by atoms with Gasteiger partial charge < -0.3 is 4.98 Å². The summed E-state index contributed by atoms with van der Waals surface area (Å²) in [4.78, 5) is 14.4. The van der Waals surface area contributed by atoms with Gasteiger partial charge in [0.05, 0.1) is 37.2 Å². The second kappa shape index (κ2) is 9.01. The first-order chi connectivity index (χ1) is 22.8. The molecule has 0 radical (unpaired) electrons. The number of aromatic amines is 1. The molecule has 4 nitrogen and oxygen atoms in total. The number of hydrogen-bond acceptors (Lipinski definition) is 4. The summed E-state index contributed by atoms with van der Waals surface area (Å²) in [5.74, 6) is 0.694. The van der Waals surface area contributed by atoms with Crippen LogP contribution < -0.4 is 0 Å². The monoisotopic (exact) mass is 622 g/mol. The number of rotatable bonds is 2. The fourth-order valence-electron chi connectivity index (χ4n) is 7.30. The van der Waals surface area contributed by atoms with Crippen LogP contribution in [0.5, 0.6) is 0 Å². The summed E-state index contributed by atoms with van der Waals surface area (Å²) in [5, 5.41) is 8.67. The SMILES string of the molecule is c1ccc(-c2nc(-n3c4ccccc4c4cc5c(cc43)sc3c5ccc4c5ccccc5[nH]c43)nc3c2sc2ccccc23)cc1. The highest BCUT2D eigenvalue weighted by Gasteiger charge is 2.21. The Balaban J connectivity index is 1.26. The molecule has 0 fully saturated rings. The zero-order chi connectivity index (χ0) is 29.9. The summed E-state index contributed by atoms with van der Waals surface area (Å²) in [5.41, 5.74) is 7.67. The van der Waals surface area contributed by atoms with Gasteiger partial charge in [-0.1, -0.05) is 97.1 Å². The largest absolute Gasteiger partial charge is 0.353 e. The molecule has 0 saturated heterocycles. The highest BCUT2D eigenvalue weighted by atomic mass is 32.1. The molecule has 6 aromatic carbocycles. The number of fused-ring (bicyclic) bond motifs is 13. The molecule has 6 heteroatoms. The van der Waals surface area contributed by atoms with E-state index in [0.29, 0.717) is 5.95 Å². The number of nitrogens with one attached hydrogen (secondary N) is 1. The van der Waals surface area contributed by atoms with E-state index in [2.05, 4.69) is 137 Å². The zero-order valence-electron chi connectivity index (χ0n) is 24.3. The van der Waals surface area contributed by atoms with Crippen molar-refractivity contribution in [3.05, 3.63) is 127 Å². The van der Waals surface area contributed by atoms with Crippen LogP contribution in [0.4, 0.5) is 0 Å². The second-order valence-corrected chi connectivity index (χ2v) is 14.0. The molecule has 0 amide bonds. The van der Waals surface area contributed by atoms with Crippen LogP contribution in [-0.4, -0.2) is 19.5 Å². The Morgan fingerprint density at radius 3 is 2.15 bits per heavy atom. The molecule has 11 rings (SSSR count). The molecule has 0 aliphatic heterocycles. The van der Waals surface area contributed by atoms with Gasteiger partial charge in [0.25, 0.3) is 0 Å². The highest BCUT2D eigenvalue weighted by Crippen LogP contribution is 2.44. The van der Waals surface area contributed by atoms with Crippen molar-refractivity contribution in [1.29, 1.82) is 0 Å². The van der Waals surface area contributed by atoms with Crippen molar-refractivity contribution in [3.63, 3.8) is 0 Å². The van der Waals surface area contributed by atoms with Crippen molar-refractivity contribution in [1.82, 2.24) is 19.5 Å². The van der Waals surface area contributed by atoms with Crippen LogP contribution in [0.15, 0.2) is 127 Å². The van der Waals surface area contributed by atoms with Crippen molar-refractivity contribution in [3.8, 4) is 17.2 Å². The van der Waals surface area contributed by atoms with Crippen molar-refractivity contribution in [2.24, 2.45) is 0 Å². The van der Waals surface area contributed by atoms with E-state index in [1.54, 1.807) is 11.3 Å². The molecule has 11 aromatic rings. The van der Waals surface area contributed by atoms with E-state index in [9.17, 15) is 0 Å². The number of benzene rings is 6. The minimum absolute atomic E-state index is 0.694. The zero-order valence-corrected chi connectivity index (χ0v) is 25.9. The maximum absolute atomic E-state index is 5.36. The first kappa shape index (κ1) is 24.7. The van der Waals surface area contributed by atoms with Gasteiger partial charge in [-0.15, -0.1) is 22.7 Å². The first-order valence-corrected chi connectivity index (χ1v) is 17.0. The van der Waals surface area contributed by atoms with E-state index in [-0.39, 0.29) is 0 Å². The number of aromatic nitrogens is 4. The molecule has 5 aromatic heterocycles. The maximum atomic E-state index is 5.36. The van der Waals surface area contributed by atoms with Gasteiger partial charge in [0.15, 0.2) is 0 Å². The van der Waals surface area contributed by atoms with Crippen LogP contribution in [0, 0.1) is 0 Å². The van der Waals surface area contributed by atoms with Crippen LogP contribution in [0.3, 0.4) is 0 Å². The Morgan fingerprint density at radius 2 is 1.24 bits per heavy atom. The quantitative estimate of drug-likeness (QED) is 0.208. The van der Waals surface area contributed by atoms with E-state index >= 15 is 0 Å². The fourth-order valence-corrected chi connectivity index (χ4v) is 9.67. The third-order valence-corrected chi connectivity index (χ3v) is 11.7. The lowest BCUT2D eigenvalue weighted by Crippen LogP contribution is -2.02. The van der Waals surface area contributed by atoms with Crippen LogP contribution in [-0.2, 0) is 0 Å². The van der Waals surface area contributed by atoms with Crippen molar-refractivity contribution < 1.29 is 0 Å². The van der Waals surface area contributed by atoms with Crippen molar-refractivity contribution in [2.75, 3.05) is 0 Å². The summed E-state index contributed by atoms with van der Waals surface area (Å²) in [7, 11) is 0. The number of thiophene rings is 2. The summed E-state index contributed by atoms with van der Waals surface area (Å²) in [6.07, 6.45) is 0. The van der Waals surface area contributed by atoms with Gasteiger partial charge in [0.1, 0.15) is 0 Å². The molecule has 214 valence electrons. The van der Waals surface area contributed by atoms with Gasteiger partial charge >= 0.3 is 0 Å². The molecule has 0 saturated carbocycles. The van der Waals surface area contributed by atoms with Gasteiger partial charge in [0, 0.05) is 58.2 Å². The van der Waals surface area contributed by atoms with Crippen LogP contribution in [0.25, 0.3) is 101 Å². The number of nitrogens with zero attached hydrogens (tertiary/aromatic N) is 3. The van der Waals surface area contributed by atoms with Crippen LogP contribution in [0.2, 0.25) is 0 Å². The summed E-state index contributed by atoms with van der Waals surface area (Å²) < 4.78 is 7.15. The van der Waals surface area contributed by atoms with Crippen LogP contribution >= 0.6 is 22.7 Å². The maximum Gasteiger partial charge on any atom is 0.235 e. The fraction of sp³-hybridized carbons (Fsp3) is 0. The molecule has 5 heterocycles. The Labute approximate surface area is 269 Å². The Morgan fingerprint density at radius 1 is 0.500 bits per heavy atom. The lowest BCUT2D eigenvalue weighted by molar-refractivity contribution is 1.02. The van der Waals surface area contributed by atoms with Gasteiger partial charge in [-0.3, -0.25) is 4.57 Å². The van der Waals surface area contributed by atoms with Gasteiger partial charge in [0.2, 0.25) is 5.95 Å². The van der Waals surface area contributed by atoms with E-state index in [1.807, 2.05) is 11.3 Å². The smallest absolute Gasteiger partial charge is 0.235 e. The lowest BCUT2D eigenvalue weighted by atomic mass is 10.1. The second-order valence-electron chi connectivity index (χ2n) is 11.9. The number of H-pyrrole nitrogens is 1. The van der Waals surface area contributed by atoms with Crippen molar-refractivity contribution in [2.45, 2.75) is 0 Å². The Bertz CT molecular complexity index is 3030.